The van der Waals surface area contributed by atoms with E-state index >= 15 is 0 Å². The second-order valence-corrected chi connectivity index (χ2v) is 6.44. The van der Waals surface area contributed by atoms with Crippen molar-refractivity contribution < 1.29 is 4.79 Å². The molecule has 0 radical (unpaired) electrons. The van der Waals surface area contributed by atoms with E-state index in [0.717, 1.165) is 25.3 Å². The number of hydrogen-bond acceptors (Lipinski definition) is 4. The third-order valence-corrected chi connectivity index (χ3v) is 4.25. The molecule has 5 nitrogen and oxygen atoms in total. The molecule has 1 aromatic heterocycles. The van der Waals surface area contributed by atoms with Gasteiger partial charge in [-0.15, -0.1) is 0 Å². The Bertz CT molecular complexity index is 513. The first-order valence-corrected chi connectivity index (χ1v) is 7.78. The molecule has 1 saturated heterocycles. The standard InChI is InChI=1S/C16H26N4O/c1-10(2)12-6-7-20(9-12)16(21)14-13(17-5)8-18-15(19-14)11(3)4/h8,10-12,17H,6-7,9H2,1-5H3. The number of likely N-dealkylation sites (tertiary alicyclic amines) is 1. The molecule has 1 amide bonds. The van der Waals surface area contributed by atoms with E-state index in [2.05, 4.69) is 29.1 Å². The molecular formula is C16H26N4O. The lowest BCUT2D eigenvalue weighted by Crippen LogP contribution is -2.31. The third kappa shape index (κ3) is 3.34. The molecule has 1 aromatic rings. The van der Waals surface area contributed by atoms with Crippen LogP contribution in [0.4, 0.5) is 5.69 Å². The fourth-order valence-corrected chi connectivity index (χ4v) is 2.69. The lowest BCUT2D eigenvalue weighted by atomic mass is 9.95. The highest BCUT2D eigenvalue weighted by atomic mass is 16.2. The van der Waals surface area contributed by atoms with Gasteiger partial charge in [-0.2, -0.15) is 0 Å². The summed E-state index contributed by atoms with van der Waals surface area (Å²) in [6, 6.07) is 0. The van der Waals surface area contributed by atoms with E-state index < -0.39 is 0 Å². The van der Waals surface area contributed by atoms with Crippen molar-refractivity contribution in [3.63, 3.8) is 0 Å². The van der Waals surface area contributed by atoms with Crippen molar-refractivity contribution in [1.82, 2.24) is 14.9 Å². The Balaban J connectivity index is 2.24. The van der Waals surface area contributed by atoms with Gasteiger partial charge in [-0.25, -0.2) is 9.97 Å². The number of nitrogens with zero attached hydrogens (tertiary/aromatic N) is 3. The van der Waals surface area contributed by atoms with Gasteiger partial charge in [0.25, 0.3) is 5.91 Å². The number of nitrogens with one attached hydrogen (secondary N) is 1. The van der Waals surface area contributed by atoms with Crippen LogP contribution in [0, 0.1) is 11.8 Å². The van der Waals surface area contributed by atoms with Crippen LogP contribution < -0.4 is 5.32 Å². The molecule has 5 heteroatoms. The Morgan fingerprint density at radius 3 is 2.62 bits per heavy atom. The van der Waals surface area contributed by atoms with Crippen molar-refractivity contribution in [3.8, 4) is 0 Å². The maximum Gasteiger partial charge on any atom is 0.274 e. The zero-order valence-corrected chi connectivity index (χ0v) is 13.7. The molecule has 0 saturated carbocycles. The number of aromatic nitrogens is 2. The van der Waals surface area contributed by atoms with Gasteiger partial charge in [-0.05, 0) is 18.3 Å². The molecule has 1 aliphatic heterocycles. The second-order valence-electron chi connectivity index (χ2n) is 6.44. The smallest absolute Gasteiger partial charge is 0.274 e. The Kier molecular flexibility index (Phi) is 4.80. The molecular weight excluding hydrogens is 264 g/mol. The number of hydrogen-bond donors (Lipinski definition) is 1. The van der Waals surface area contributed by atoms with Gasteiger partial charge >= 0.3 is 0 Å². The molecule has 0 spiro atoms. The average Bonchev–Trinajstić information content (AvgIpc) is 2.95. The van der Waals surface area contributed by atoms with E-state index in [1.54, 1.807) is 13.2 Å². The SMILES string of the molecule is CNc1cnc(C(C)C)nc1C(=O)N1CCC(C(C)C)C1. The second kappa shape index (κ2) is 6.41. The normalized spacial score (nSPS) is 18.6. The summed E-state index contributed by atoms with van der Waals surface area (Å²) in [5, 5.41) is 3.03. The summed E-state index contributed by atoms with van der Waals surface area (Å²) >= 11 is 0. The highest BCUT2D eigenvalue weighted by molar-refractivity contribution is 5.97. The highest BCUT2D eigenvalue weighted by Crippen LogP contribution is 2.26. The van der Waals surface area contributed by atoms with Crippen LogP contribution in [-0.2, 0) is 0 Å². The number of carbonyl (C=O) groups excluding carboxylic acids is 1. The zero-order valence-electron chi connectivity index (χ0n) is 13.7. The molecule has 0 aromatic carbocycles. The van der Waals surface area contributed by atoms with Crippen LogP contribution in [0.3, 0.4) is 0 Å². The van der Waals surface area contributed by atoms with Crippen LogP contribution in [0.2, 0.25) is 0 Å². The fourth-order valence-electron chi connectivity index (χ4n) is 2.69. The summed E-state index contributed by atoms with van der Waals surface area (Å²) in [6.45, 7) is 10.2. The van der Waals surface area contributed by atoms with E-state index in [1.807, 2.05) is 18.7 Å². The Labute approximate surface area is 127 Å². The molecule has 0 aliphatic carbocycles. The van der Waals surface area contributed by atoms with Crippen molar-refractivity contribution in [1.29, 1.82) is 0 Å². The van der Waals surface area contributed by atoms with E-state index in [4.69, 9.17) is 0 Å². The molecule has 1 atom stereocenters. The van der Waals surface area contributed by atoms with Crippen LogP contribution in [0.5, 0.6) is 0 Å². The van der Waals surface area contributed by atoms with Crippen molar-refractivity contribution in [2.75, 3.05) is 25.5 Å². The summed E-state index contributed by atoms with van der Waals surface area (Å²) in [5.74, 6) is 2.16. The van der Waals surface area contributed by atoms with Crippen molar-refractivity contribution >= 4 is 11.6 Å². The maximum atomic E-state index is 12.8. The largest absolute Gasteiger partial charge is 0.385 e. The zero-order chi connectivity index (χ0) is 15.6. The molecule has 2 heterocycles. The van der Waals surface area contributed by atoms with Crippen molar-refractivity contribution in [2.45, 2.75) is 40.0 Å². The van der Waals surface area contributed by atoms with Gasteiger partial charge in [0.05, 0.1) is 11.9 Å². The Hall–Kier alpha value is -1.65. The molecule has 1 unspecified atom stereocenters. The first kappa shape index (κ1) is 15.7. The first-order chi connectivity index (χ1) is 9.93. The molecule has 1 N–H and O–H groups in total. The van der Waals surface area contributed by atoms with Gasteiger partial charge in [0.1, 0.15) is 5.82 Å². The molecule has 2 rings (SSSR count). The van der Waals surface area contributed by atoms with Gasteiger partial charge in [0.15, 0.2) is 5.69 Å². The van der Waals surface area contributed by atoms with E-state index in [-0.39, 0.29) is 11.8 Å². The van der Waals surface area contributed by atoms with Gasteiger partial charge < -0.3 is 10.2 Å². The van der Waals surface area contributed by atoms with Crippen molar-refractivity contribution in [2.24, 2.45) is 11.8 Å². The van der Waals surface area contributed by atoms with Crippen LogP contribution >= 0.6 is 0 Å². The highest BCUT2D eigenvalue weighted by Gasteiger charge is 2.30. The van der Waals surface area contributed by atoms with Gasteiger partial charge in [-0.1, -0.05) is 27.7 Å². The van der Waals surface area contributed by atoms with Gasteiger partial charge in [0, 0.05) is 26.1 Å². The summed E-state index contributed by atoms with van der Waals surface area (Å²) in [7, 11) is 1.80. The monoisotopic (exact) mass is 290 g/mol. The predicted molar refractivity (Wildman–Crippen MR) is 84.5 cm³/mol. The Morgan fingerprint density at radius 1 is 1.38 bits per heavy atom. The van der Waals surface area contributed by atoms with Gasteiger partial charge in [-0.3, -0.25) is 4.79 Å². The van der Waals surface area contributed by atoms with Crippen LogP contribution in [0.25, 0.3) is 0 Å². The summed E-state index contributed by atoms with van der Waals surface area (Å²) in [5.41, 5.74) is 1.21. The van der Waals surface area contributed by atoms with Crippen molar-refractivity contribution in [3.05, 3.63) is 17.7 Å². The molecule has 116 valence electrons. The van der Waals surface area contributed by atoms with E-state index in [0.29, 0.717) is 23.2 Å². The minimum atomic E-state index is 0.0202. The molecule has 1 fully saturated rings. The summed E-state index contributed by atoms with van der Waals surface area (Å²) < 4.78 is 0. The molecule has 0 bridgehead atoms. The minimum Gasteiger partial charge on any atom is -0.385 e. The summed E-state index contributed by atoms with van der Waals surface area (Å²) in [6.07, 6.45) is 2.80. The molecule has 21 heavy (non-hydrogen) atoms. The quantitative estimate of drug-likeness (QED) is 0.926. The molecule has 1 aliphatic rings. The topological polar surface area (TPSA) is 58.1 Å². The van der Waals surface area contributed by atoms with E-state index in [1.165, 1.54) is 0 Å². The lowest BCUT2D eigenvalue weighted by Gasteiger charge is -2.19. The number of amides is 1. The number of rotatable bonds is 4. The summed E-state index contributed by atoms with van der Waals surface area (Å²) in [4.78, 5) is 23.5. The number of anilines is 1. The minimum absolute atomic E-state index is 0.0202. The average molecular weight is 290 g/mol. The lowest BCUT2D eigenvalue weighted by molar-refractivity contribution is 0.0778. The first-order valence-electron chi connectivity index (χ1n) is 7.78. The van der Waals surface area contributed by atoms with Crippen LogP contribution in [-0.4, -0.2) is 40.9 Å². The third-order valence-electron chi connectivity index (χ3n) is 4.25. The fraction of sp³-hybridized carbons (Fsp3) is 0.688. The maximum absolute atomic E-state index is 12.8. The Morgan fingerprint density at radius 2 is 2.10 bits per heavy atom. The predicted octanol–water partition coefficient (Wildman–Crippen LogP) is 2.76. The van der Waals surface area contributed by atoms with Gasteiger partial charge in [0.2, 0.25) is 0 Å². The van der Waals surface area contributed by atoms with Crippen LogP contribution in [0.1, 0.15) is 56.3 Å². The van der Waals surface area contributed by atoms with Crippen LogP contribution in [0.15, 0.2) is 6.20 Å². The van der Waals surface area contributed by atoms with E-state index in [9.17, 15) is 4.79 Å². The number of carbonyl (C=O) groups is 1.